The van der Waals surface area contributed by atoms with Gasteiger partial charge in [-0.3, -0.25) is 9.59 Å². The molecule has 0 saturated heterocycles. The van der Waals surface area contributed by atoms with Gasteiger partial charge in [0.15, 0.2) is 12.0 Å². The molecule has 0 aliphatic rings. The quantitative estimate of drug-likeness (QED) is 0.559. The summed E-state index contributed by atoms with van der Waals surface area (Å²) >= 11 is 0. The van der Waals surface area contributed by atoms with Crippen molar-refractivity contribution in [1.29, 1.82) is 0 Å². The number of amides is 1. The Balaban J connectivity index is 2.09. The molecule has 0 atom stereocenters. The molecule has 3 rings (SSSR count). The Kier molecular flexibility index (Phi) is 3.82. The molecule has 0 saturated carbocycles. The van der Waals surface area contributed by atoms with Crippen molar-refractivity contribution in [1.82, 2.24) is 0 Å². The molecule has 1 heterocycles. The molecule has 122 valence electrons. The fourth-order valence-corrected chi connectivity index (χ4v) is 3.24. The molecule has 1 amide bonds. The van der Waals surface area contributed by atoms with Crippen molar-refractivity contribution >= 4 is 33.3 Å². The minimum atomic E-state index is -4.28. The van der Waals surface area contributed by atoms with E-state index in [0.717, 1.165) is 6.07 Å². The van der Waals surface area contributed by atoms with E-state index in [4.69, 9.17) is 14.3 Å². The second-order valence-corrected chi connectivity index (χ2v) is 6.41. The van der Waals surface area contributed by atoms with Gasteiger partial charge >= 0.3 is 10.1 Å². The number of primary amides is 1. The molecule has 0 bridgehead atoms. The average Bonchev–Trinajstić information content (AvgIpc) is 3.02. The summed E-state index contributed by atoms with van der Waals surface area (Å²) in [7, 11) is -4.28. The van der Waals surface area contributed by atoms with E-state index in [1.54, 1.807) is 0 Å². The van der Waals surface area contributed by atoms with Gasteiger partial charge in [0.2, 0.25) is 0 Å². The van der Waals surface area contributed by atoms with E-state index in [-0.39, 0.29) is 27.4 Å². The van der Waals surface area contributed by atoms with Gasteiger partial charge in [-0.05, 0) is 30.3 Å². The summed E-state index contributed by atoms with van der Waals surface area (Å²) in [5, 5.41) is 0.435. The summed E-state index contributed by atoms with van der Waals surface area (Å²) in [6.07, 6.45) is 1.83. The Labute approximate surface area is 136 Å². The molecular weight excluding hydrogens is 334 g/mol. The van der Waals surface area contributed by atoms with Gasteiger partial charge in [-0.25, -0.2) is 0 Å². The lowest BCUT2D eigenvalue weighted by atomic mass is 10.2. The molecule has 24 heavy (non-hydrogen) atoms. The van der Waals surface area contributed by atoms with Crippen LogP contribution in [0.25, 0.3) is 11.0 Å². The molecule has 0 aliphatic carbocycles. The first-order valence-corrected chi connectivity index (χ1v) is 8.13. The van der Waals surface area contributed by atoms with Gasteiger partial charge in [0.05, 0.1) is 17.4 Å². The van der Waals surface area contributed by atoms with E-state index < -0.39 is 16.0 Å². The van der Waals surface area contributed by atoms with Crippen molar-refractivity contribution in [2.45, 2.75) is 4.90 Å². The highest BCUT2D eigenvalue weighted by molar-refractivity contribution is 7.87. The smallest absolute Gasteiger partial charge is 0.339 e. The Morgan fingerprint density at radius 3 is 2.62 bits per heavy atom. The van der Waals surface area contributed by atoms with Crippen LogP contribution in [0.4, 0.5) is 0 Å². The largest absolute Gasteiger partial charge is 0.464 e. The maximum atomic E-state index is 12.5. The second kappa shape index (κ2) is 5.82. The summed E-state index contributed by atoms with van der Waals surface area (Å²) < 4.78 is 35.2. The Bertz CT molecular complexity index is 1050. The maximum Gasteiger partial charge on any atom is 0.339 e. The minimum absolute atomic E-state index is 0.0684. The van der Waals surface area contributed by atoms with Gasteiger partial charge in [0.25, 0.3) is 5.91 Å². The van der Waals surface area contributed by atoms with Gasteiger partial charge in [0.1, 0.15) is 10.5 Å². The lowest BCUT2D eigenvalue weighted by Gasteiger charge is -2.10. The molecule has 8 heteroatoms. The first-order chi connectivity index (χ1) is 11.4. The SMILES string of the molecule is NC(=O)c1ccccc1OS(=O)(=O)c1cc(C=O)c2occc2c1. The fraction of sp³-hybridized carbons (Fsp3) is 0. The van der Waals surface area contributed by atoms with Crippen molar-refractivity contribution in [2.24, 2.45) is 5.73 Å². The monoisotopic (exact) mass is 345 g/mol. The number of fused-ring (bicyclic) bond motifs is 1. The Morgan fingerprint density at radius 1 is 1.17 bits per heavy atom. The molecule has 0 fully saturated rings. The molecule has 0 radical (unpaired) electrons. The molecule has 7 nitrogen and oxygen atoms in total. The molecule has 0 unspecified atom stereocenters. The van der Waals surface area contributed by atoms with E-state index in [0.29, 0.717) is 11.7 Å². The van der Waals surface area contributed by atoms with Gasteiger partial charge in [0, 0.05) is 5.39 Å². The number of nitrogens with two attached hydrogens (primary N) is 1. The van der Waals surface area contributed by atoms with Crippen LogP contribution in [0.5, 0.6) is 5.75 Å². The number of aldehydes is 1. The van der Waals surface area contributed by atoms with Crippen LogP contribution >= 0.6 is 0 Å². The first kappa shape index (κ1) is 15.8. The van der Waals surface area contributed by atoms with Crippen LogP contribution in [0.1, 0.15) is 20.7 Å². The lowest BCUT2D eigenvalue weighted by molar-refractivity contribution is 0.0998. The van der Waals surface area contributed by atoms with Gasteiger partial charge in [-0.2, -0.15) is 8.42 Å². The second-order valence-electron chi connectivity index (χ2n) is 4.87. The highest BCUT2D eigenvalue weighted by Crippen LogP contribution is 2.27. The van der Waals surface area contributed by atoms with Crippen molar-refractivity contribution in [2.75, 3.05) is 0 Å². The zero-order chi connectivity index (χ0) is 17.3. The Hall–Kier alpha value is -3.13. The van der Waals surface area contributed by atoms with Crippen LogP contribution in [0, 0.1) is 0 Å². The number of furan rings is 1. The van der Waals surface area contributed by atoms with E-state index in [2.05, 4.69) is 0 Å². The van der Waals surface area contributed by atoms with Gasteiger partial charge < -0.3 is 14.3 Å². The predicted molar refractivity (Wildman–Crippen MR) is 84.4 cm³/mol. The number of carbonyl (C=O) groups is 2. The van der Waals surface area contributed by atoms with E-state index in [9.17, 15) is 18.0 Å². The van der Waals surface area contributed by atoms with Gasteiger partial charge in [-0.1, -0.05) is 12.1 Å². The zero-order valence-electron chi connectivity index (χ0n) is 12.1. The lowest BCUT2D eigenvalue weighted by Crippen LogP contribution is -2.16. The molecule has 0 spiro atoms. The predicted octanol–water partition coefficient (Wildman–Crippen LogP) is 2.11. The van der Waals surface area contributed by atoms with Crippen LogP contribution in [0.15, 0.2) is 58.0 Å². The van der Waals surface area contributed by atoms with Gasteiger partial charge in [-0.15, -0.1) is 0 Å². The van der Waals surface area contributed by atoms with E-state index >= 15 is 0 Å². The number of para-hydroxylation sites is 1. The number of hydrogen-bond donors (Lipinski definition) is 1. The Morgan fingerprint density at radius 2 is 1.92 bits per heavy atom. The summed E-state index contributed by atoms with van der Waals surface area (Å²) in [5.74, 6) is -1.01. The van der Waals surface area contributed by atoms with Crippen LogP contribution in [-0.2, 0) is 10.1 Å². The standard InChI is InChI=1S/C16H11NO6S/c17-16(19)13-3-1-2-4-14(13)23-24(20,21)12-7-10-5-6-22-15(10)11(8-12)9-18/h1-9H,(H2,17,19). The highest BCUT2D eigenvalue weighted by atomic mass is 32.2. The van der Waals surface area contributed by atoms with Crippen molar-refractivity contribution in [3.63, 3.8) is 0 Å². The summed E-state index contributed by atoms with van der Waals surface area (Å²) in [4.78, 5) is 22.3. The number of carbonyl (C=O) groups excluding carboxylic acids is 2. The van der Waals surface area contributed by atoms with Crippen LogP contribution < -0.4 is 9.92 Å². The molecule has 0 aliphatic heterocycles. The molecular formula is C16H11NO6S. The summed E-state index contributed by atoms with van der Waals surface area (Å²) in [6.45, 7) is 0. The molecule has 2 N–H and O–H groups in total. The third-order valence-electron chi connectivity index (χ3n) is 3.32. The topological polar surface area (TPSA) is 117 Å². The third kappa shape index (κ3) is 2.74. The molecule has 3 aromatic rings. The number of rotatable bonds is 5. The van der Waals surface area contributed by atoms with Crippen LogP contribution in [-0.4, -0.2) is 20.6 Å². The first-order valence-electron chi connectivity index (χ1n) is 6.72. The summed E-state index contributed by atoms with van der Waals surface area (Å²) in [5.41, 5.74) is 5.49. The summed E-state index contributed by atoms with van der Waals surface area (Å²) in [6, 6.07) is 9.68. The van der Waals surface area contributed by atoms with E-state index in [1.807, 2.05) is 0 Å². The minimum Gasteiger partial charge on any atom is -0.464 e. The third-order valence-corrected chi connectivity index (χ3v) is 4.53. The van der Waals surface area contributed by atoms with Crippen molar-refractivity contribution in [3.8, 4) is 5.75 Å². The van der Waals surface area contributed by atoms with Crippen LogP contribution in [0.3, 0.4) is 0 Å². The highest BCUT2D eigenvalue weighted by Gasteiger charge is 2.22. The van der Waals surface area contributed by atoms with Crippen LogP contribution in [0.2, 0.25) is 0 Å². The van der Waals surface area contributed by atoms with E-state index in [1.165, 1.54) is 42.7 Å². The maximum absolute atomic E-state index is 12.5. The zero-order valence-corrected chi connectivity index (χ0v) is 12.9. The van der Waals surface area contributed by atoms with Crippen molar-refractivity contribution < 1.29 is 26.6 Å². The average molecular weight is 345 g/mol. The number of hydrogen-bond acceptors (Lipinski definition) is 6. The van der Waals surface area contributed by atoms with Crippen molar-refractivity contribution in [3.05, 3.63) is 59.9 Å². The molecule has 2 aromatic carbocycles. The number of benzene rings is 2. The normalized spacial score (nSPS) is 11.3. The fourth-order valence-electron chi connectivity index (χ4n) is 2.22. The molecule has 1 aromatic heterocycles.